The third kappa shape index (κ3) is 3.18. The van der Waals surface area contributed by atoms with Gasteiger partial charge in [-0.25, -0.2) is 4.79 Å². The monoisotopic (exact) mass is 396 g/mol. The average Bonchev–Trinajstić information content (AvgIpc) is 3.30. The number of aromatic nitrogens is 1. The molecule has 28 heavy (non-hydrogen) atoms. The van der Waals surface area contributed by atoms with Crippen LogP contribution in [0.25, 0.3) is 10.2 Å². The predicted octanol–water partition coefficient (Wildman–Crippen LogP) is 3.15. The predicted molar refractivity (Wildman–Crippen MR) is 104 cm³/mol. The van der Waals surface area contributed by atoms with Gasteiger partial charge in [-0.15, -0.1) is 6.58 Å². The Balaban J connectivity index is 1.75. The van der Waals surface area contributed by atoms with Crippen molar-refractivity contribution in [2.45, 2.75) is 6.54 Å². The van der Waals surface area contributed by atoms with Crippen LogP contribution in [-0.2, 0) is 11.3 Å². The standard InChI is InChI=1S/C20H16N2O5S/c1-3-8-22-14-9-15-16(27-11-26-15)10-17(14)28-20(22)21-18(23)12-4-6-13(7-5-12)19(24)25-2/h3-7,9-10H,1,8,11H2,2H3. The first-order valence-electron chi connectivity index (χ1n) is 8.42. The van der Waals surface area contributed by atoms with Gasteiger partial charge in [0.15, 0.2) is 16.3 Å². The highest BCUT2D eigenvalue weighted by Gasteiger charge is 2.18. The van der Waals surface area contributed by atoms with E-state index in [0.717, 1.165) is 10.2 Å². The van der Waals surface area contributed by atoms with Crippen molar-refractivity contribution in [3.05, 3.63) is 65.0 Å². The van der Waals surface area contributed by atoms with Gasteiger partial charge in [-0.2, -0.15) is 4.99 Å². The smallest absolute Gasteiger partial charge is 0.337 e. The number of carbonyl (C=O) groups excluding carboxylic acids is 2. The molecule has 0 spiro atoms. The van der Waals surface area contributed by atoms with Crippen LogP contribution in [0.4, 0.5) is 0 Å². The molecule has 0 saturated heterocycles. The number of carbonyl (C=O) groups is 2. The summed E-state index contributed by atoms with van der Waals surface area (Å²) in [5.74, 6) is 0.484. The lowest BCUT2D eigenvalue weighted by atomic mass is 10.1. The molecule has 0 atom stereocenters. The third-order valence-corrected chi connectivity index (χ3v) is 5.28. The number of esters is 1. The fourth-order valence-electron chi connectivity index (χ4n) is 2.87. The second-order valence-corrected chi connectivity index (χ2v) is 6.95. The van der Waals surface area contributed by atoms with Crippen molar-refractivity contribution < 1.29 is 23.8 Å². The number of amides is 1. The number of hydrogen-bond donors (Lipinski definition) is 0. The molecule has 8 heteroatoms. The molecule has 0 bridgehead atoms. The number of fused-ring (bicyclic) bond motifs is 2. The van der Waals surface area contributed by atoms with Crippen molar-refractivity contribution in [3.63, 3.8) is 0 Å². The first kappa shape index (κ1) is 18.0. The van der Waals surface area contributed by atoms with Gasteiger partial charge in [0, 0.05) is 24.2 Å². The molecule has 0 fully saturated rings. The normalized spacial score (nSPS) is 13.0. The summed E-state index contributed by atoms with van der Waals surface area (Å²) in [5, 5.41) is 0. The van der Waals surface area contributed by atoms with Crippen LogP contribution in [0.15, 0.2) is 54.0 Å². The number of thiazole rings is 1. The van der Waals surface area contributed by atoms with Crippen LogP contribution in [0.3, 0.4) is 0 Å². The number of rotatable bonds is 4. The molecule has 2 aromatic carbocycles. The zero-order valence-electron chi connectivity index (χ0n) is 15.0. The van der Waals surface area contributed by atoms with Gasteiger partial charge >= 0.3 is 5.97 Å². The van der Waals surface area contributed by atoms with E-state index in [1.54, 1.807) is 18.2 Å². The number of benzene rings is 2. The minimum absolute atomic E-state index is 0.200. The Kier molecular flexibility index (Phi) is 4.70. The largest absolute Gasteiger partial charge is 0.465 e. The summed E-state index contributed by atoms with van der Waals surface area (Å²) in [6.45, 7) is 4.48. The maximum Gasteiger partial charge on any atom is 0.337 e. The molecule has 4 rings (SSSR count). The lowest BCUT2D eigenvalue weighted by molar-refractivity contribution is 0.0600. The van der Waals surface area contributed by atoms with E-state index >= 15 is 0 Å². The first-order chi connectivity index (χ1) is 13.6. The van der Waals surface area contributed by atoms with E-state index in [-0.39, 0.29) is 6.79 Å². The second kappa shape index (κ2) is 7.32. The Hall–Kier alpha value is -3.39. The van der Waals surface area contributed by atoms with Crippen molar-refractivity contribution in [3.8, 4) is 11.5 Å². The summed E-state index contributed by atoms with van der Waals surface area (Å²) in [5.41, 5.74) is 1.64. The third-order valence-electron chi connectivity index (χ3n) is 4.24. The van der Waals surface area contributed by atoms with Gasteiger partial charge in [-0.3, -0.25) is 4.79 Å². The van der Waals surface area contributed by atoms with Crippen molar-refractivity contribution in [2.75, 3.05) is 13.9 Å². The summed E-state index contributed by atoms with van der Waals surface area (Å²) < 4.78 is 18.4. The van der Waals surface area contributed by atoms with Crippen molar-refractivity contribution in [2.24, 2.45) is 4.99 Å². The van der Waals surface area contributed by atoms with Crippen LogP contribution < -0.4 is 14.3 Å². The van der Waals surface area contributed by atoms with Gasteiger partial charge < -0.3 is 18.8 Å². The number of methoxy groups -OCH3 is 1. The molecule has 1 aliphatic heterocycles. The van der Waals surface area contributed by atoms with E-state index in [1.807, 2.05) is 16.7 Å². The highest BCUT2D eigenvalue weighted by molar-refractivity contribution is 7.16. The Bertz CT molecular complexity index is 1160. The maximum atomic E-state index is 12.6. The molecular weight excluding hydrogens is 380 g/mol. The number of nitrogens with zero attached hydrogens (tertiary/aromatic N) is 2. The van der Waals surface area contributed by atoms with Crippen LogP contribution >= 0.6 is 11.3 Å². The molecule has 0 N–H and O–H groups in total. The zero-order chi connectivity index (χ0) is 19.7. The molecule has 1 amide bonds. The molecule has 142 valence electrons. The molecular formula is C20H16N2O5S. The topological polar surface area (TPSA) is 79.1 Å². The number of allylic oxidation sites excluding steroid dienone is 1. The summed E-state index contributed by atoms with van der Waals surface area (Å²) in [4.78, 5) is 29.0. The van der Waals surface area contributed by atoms with Crippen LogP contribution in [0.2, 0.25) is 0 Å². The maximum absolute atomic E-state index is 12.6. The number of ether oxygens (including phenoxy) is 3. The highest BCUT2D eigenvalue weighted by Crippen LogP contribution is 2.37. The van der Waals surface area contributed by atoms with Crippen LogP contribution in [0.5, 0.6) is 11.5 Å². The van der Waals surface area contributed by atoms with Crippen LogP contribution in [-0.4, -0.2) is 30.3 Å². The number of hydrogen-bond acceptors (Lipinski definition) is 6. The lowest BCUT2D eigenvalue weighted by Crippen LogP contribution is -2.16. The van der Waals surface area contributed by atoms with E-state index in [4.69, 9.17) is 9.47 Å². The van der Waals surface area contributed by atoms with E-state index in [1.165, 1.54) is 30.6 Å². The molecule has 0 saturated carbocycles. The Morgan fingerprint density at radius 2 is 1.89 bits per heavy atom. The first-order valence-corrected chi connectivity index (χ1v) is 9.23. The van der Waals surface area contributed by atoms with Gasteiger partial charge in [0.25, 0.3) is 5.91 Å². The fraction of sp³-hybridized carbons (Fsp3) is 0.150. The van der Waals surface area contributed by atoms with E-state index in [9.17, 15) is 9.59 Å². The van der Waals surface area contributed by atoms with E-state index in [2.05, 4.69) is 16.3 Å². The lowest BCUT2D eigenvalue weighted by Gasteiger charge is -2.02. The van der Waals surface area contributed by atoms with Gasteiger partial charge in [0.2, 0.25) is 6.79 Å². The molecule has 0 radical (unpaired) electrons. The van der Waals surface area contributed by atoms with Crippen molar-refractivity contribution in [1.82, 2.24) is 4.57 Å². The van der Waals surface area contributed by atoms with Gasteiger partial charge in [0.1, 0.15) is 0 Å². The van der Waals surface area contributed by atoms with E-state index in [0.29, 0.717) is 34.0 Å². The molecule has 3 aromatic rings. The minimum atomic E-state index is -0.457. The molecule has 0 aliphatic carbocycles. The second-order valence-electron chi connectivity index (χ2n) is 5.94. The molecule has 7 nitrogen and oxygen atoms in total. The Morgan fingerprint density at radius 3 is 2.57 bits per heavy atom. The van der Waals surface area contributed by atoms with Gasteiger partial charge in [-0.05, 0) is 24.3 Å². The van der Waals surface area contributed by atoms with Crippen molar-refractivity contribution in [1.29, 1.82) is 0 Å². The molecule has 1 aliphatic rings. The molecule has 1 aromatic heterocycles. The summed E-state index contributed by atoms with van der Waals surface area (Å²) >= 11 is 1.38. The quantitative estimate of drug-likeness (QED) is 0.500. The molecule has 2 heterocycles. The summed E-state index contributed by atoms with van der Waals surface area (Å²) in [7, 11) is 1.31. The average molecular weight is 396 g/mol. The van der Waals surface area contributed by atoms with E-state index < -0.39 is 11.9 Å². The van der Waals surface area contributed by atoms with Crippen LogP contribution in [0.1, 0.15) is 20.7 Å². The van der Waals surface area contributed by atoms with Gasteiger partial charge in [-0.1, -0.05) is 17.4 Å². The van der Waals surface area contributed by atoms with Crippen LogP contribution in [0, 0.1) is 0 Å². The SMILES string of the molecule is C=CCn1c(=NC(=O)c2ccc(C(=O)OC)cc2)sc2cc3c(cc21)OCO3. The summed E-state index contributed by atoms with van der Waals surface area (Å²) in [6, 6.07) is 9.95. The molecule has 0 unspecified atom stereocenters. The fourth-order valence-corrected chi connectivity index (χ4v) is 3.92. The highest BCUT2D eigenvalue weighted by atomic mass is 32.1. The van der Waals surface area contributed by atoms with Crippen molar-refractivity contribution >= 4 is 33.4 Å². The Labute approximate surface area is 164 Å². The zero-order valence-corrected chi connectivity index (χ0v) is 15.8. The van der Waals surface area contributed by atoms with Gasteiger partial charge in [0.05, 0.1) is 22.9 Å². The summed E-state index contributed by atoms with van der Waals surface area (Å²) in [6.07, 6.45) is 1.74. The Morgan fingerprint density at radius 1 is 1.21 bits per heavy atom. The minimum Gasteiger partial charge on any atom is -0.465 e.